The van der Waals surface area contributed by atoms with Gasteiger partial charge in [0.05, 0.1) is 11.4 Å². The molecule has 0 aromatic heterocycles. The molecule has 1 aliphatic heterocycles. The summed E-state index contributed by atoms with van der Waals surface area (Å²) >= 11 is 3.11. The van der Waals surface area contributed by atoms with E-state index in [9.17, 15) is 9.59 Å². The second kappa shape index (κ2) is 4.03. The van der Waals surface area contributed by atoms with Crippen molar-refractivity contribution in [2.24, 2.45) is 0 Å². The lowest BCUT2D eigenvalue weighted by Crippen LogP contribution is -2.39. The van der Waals surface area contributed by atoms with Gasteiger partial charge in [0.15, 0.2) is 5.78 Å². The maximum Gasteiger partial charge on any atom is 0.220 e. The molecule has 12 heavy (non-hydrogen) atoms. The Bertz CT molecular complexity index is 205. The molecule has 1 rings (SSSR count). The second-order valence-corrected chi connectivity index (χ2v) is 3.53. The van der Waals surface area contributed by atoms with E-state index in [-0.39, 0.29) is 17.7 Å². The Labute approximate surface area is 80.2 Å². The number of alkyl halides is 1. The summed E-state index contributed by atoms with van der Waals surface area (Å²) in [6.45, 7) is 2.25. The lowest BCUT2D eigenvalue weighted by molar-refractivity contribution is -0.134. The van der Waals surface area contributed by atoms with Gasteiger partial charge in [-0.3, -0.25) is 9.59 Å². The van der Waals surface area contributed by atoms with Crippen LogP contribution in [0.15, 0.2) is 0 Å². The number of likely N-dealkylation sites (tertiary alicyclic amines) is 1. The normalized spacial score (nSPS) is 22.8. The average molecular weight is 234 g/mol. The Morgan fingerprint density at radius 1 is 1.58 bits per heavy atom. The van der Waals surface area contributed by atoms with Gasteiger partial charge < -0.3 is 4.90 Å². The van der Waals surface area contributed by atoms with Crippen LogP contribution in [0.25, 0.3) is 0 Å². The van der Waals surface area contributed by atoms with Gasteiger partial charge in [0, 0.05) is 13.5 Å². The van der Waals surface area contributed by atoms with E-state index >= 15 is 0 Å². The van der Waals surface area contributed by atoms with Crippen molar-refractivity contribution in [3.8, 4) is 0 Å². The molecular weight excluding hydrogens is 222 g/mol. The molecule has 4 heteroatoms. The molecule has 0 saturated carbocycles. The van der Waals surface area contributed by atoms with Gasteiger partial charge in [0.1, 0.15) is 0 Å². The van der Waals surface area contributed by atoms with E-state index in [0.29, 0.717) is 5.33 Å². The molecule has 1 unspecified atom stereocenters. The number of carbonyl (C=O) groups is 2. The lowest BCUT2D eigenvalue weighted by atomic mass is 10.1. The smallest absolute Gasteiger partial charge is 0.220 e. The predicted molar refractivity (Wildman–Crippen MR) is 49.2 cm³/mol. The number of hydrogen-bond donors (Lipinski definition) is 0. The van der Waals surface area contributed by atoms with Crippen molar-refractivity contribution in [1.82, 2.24) is 4.90 Å². The number of Topliss-reactive ketones (excluding diaryl/α,β-unsaturated/α-hetero) is 1. The lowest BCUT2D eigenvalue weighted by Gasteiger charge is -2.20. The van der Waals surface area contributed by atoms with Crippen LogP contribution in [0.5, 0.6) is 0 Å². The summed E-state index contributed by atoms with van der Waals surface area (Å²) < 4.78 is 0. The number of ketones is 1. The topological polar surface area (TPSA) is 37.4 Å². The molecule has 0 aliphatic carbocycles. The minimum absolute atomic E-state index is 0.00630. The van der Waals surface area contributed by atoms with E-state index in [2.05, 4.69) is 15.9 Å². The minimum atomic E-state index is -0.165. The van der Waals surface area contributed by atoms with E-state index in [1.165, 1.54) is 6.92 Å². The highest BCUT2D eigenvalue weighted by molar-refractivity contribution is 9.09. The van der Waals surface area contributed by atoms with Crippen LogP contribution in [-0.4, -0.2) is 34.5 Å². The molecule has 1 heterocycles. The summed E-state index contributed by atoms with van der Waals surface area (Å²) in [4.78, 5) is 24.0. The SMILES string of the molecule is CC(=O)N1CCCC1C(=O)CBr. The molecule has 68 valence electrons. The van der Waals surface area contributed by atoms with E-state index in [4.69, 9.17) is 0 Å². The van der Waals surface area contributed by atoms with Gasteiger partial charge in [-0.25, -0.2) is 0 Å². The maximum absolute atomic E-state index is 11.3. The zero-order valence-electron chi connectivity index (χ0n) is 7.05. The first-order valence-electron chi connectivity index (χ1n) is 4.02. The number of nitrogens with zero attached hydrogens (tertiary/aromatic N) is 1. The van der Waals surface area contributed by atoms with Crippen molar-refractivity contribution < 1.29 is 9.59 Å². The van der Waals surface area contributed by atoms with Gasteiger partial charge in [0.25, 0.3) is 0 Å². The summed E-state index contributed by atoms with van der Waals surface area (Å²) in [6.07, 6.45) is 1.77. The van der Waals surface area contributed by atoms with Crippen LogP contribution in [-0.2, 0) is 9.59 Å². The van der Waals surface area contributed by atoms with Crippen LogP contribution in [0, 0.1) is 0 Å². The number of halogens is 1. The molecule has 0 radical (unpaired) electrons. The number of rotatable bonds is 2. The van der Waals surface area contributed by atoms with Crippen LogP contribution >= 0.6 is 15.9 Å². The monoisotopic (exact) mass is 233 g/mol. The number of hydrogen-bond acceptors (Lipinski definition) is 2. The van der Waals surface area contributed by atoms with Crippen molar-refractivity contribution in [2.45, 2.75) is 25.8 Å². The van der Waals surface area contributed by atoms with Crippen molar-refractivity contribution in [1.29, 1.82) is 0 Å². The number of amides is 1. The zero-order chi connectivity index (χ0) is 9.14. The Kier molecular flexibility index (Phi) is 3.26. The quantitative estimate of drug-likeness (QED) is 0.667. The van der Waals surface area contributed by atoms with Crippen molar-refractivity contribution in [3.63, 3.8) is 0 Å². The first-order chi connectivity index (χ1) is 5.66. The van der Waals surface area contributed by atoms with Crippen LogP contribution < -0.4 is 0 Å². The zero-order valence-corrected chi connectivity index (χ0v) is 8.63. The Morgan fingerprint density at radius 2 is 2.25 bits per heavy atom. The molecule has 1 aliphatic rings. The van der Waals surface area contributed by atoms with E-state index in [0.717, 1.165) is 19.4 Å². The molecule has 0 bridgehead atoms. The molecule has 1 saturated heterocycles. The van der Waals surface area contributed by atoms with Crippen molar-refractivity contribution in [2.75, 3.05) is 11.9 Å². The fraction of sp³-hybridized carbons (Fsp3) is 0.750. The third-order valence-corrected chi connectivity index (χ3v) is 2.71. The fourth-order valence-corrected chi connectivity index (χ4v) is 1.94. The second-order valence-electron chi connectivity index (χ2n) is 2.97. The first kappa shape index (κ1) is 9.71. The summed E-state index contributed by atoms with van der Waals surface area (Å²) in [5, 5.41) is 0.349. The van der Waals surface area contributed by atoms with E-state index in [1.807, 2.05) is 0 Å². The predicted octanol–water partition coefficient (Wildman–Crippen LogP) is 0.961. The first-order valence-corrected chi connectivity index (χ1v) is 5.15. The molecular formula is C8H12BrNO2. The van der Waals surface area contributed by atoms with Crippen LogP contribution in [0.3, 0.4) is 0 Å². The molecule has 1 amide bonds. The van der Waals surface area contributed by atoms with Crippen LogP contribution in [0.1, 0.15) is 19.8 Å². The summed E-state index contributed by atoms with van der Waals surface area (Å²) in [6, 6.07) is -0.165. The molecule has 0 spiro atoms. The van der Waals surface area contributed by atoms with Gasteiger partial charge >= 0.3 is 0 Å². The van der Waals surface area contributed by atoms with Gasteiger partial charge in [0.2, 0.25) is 5.91 Å². The average Bonchev–Trinajstić information content (AvgIpc) is 2.50. The molecule has 1 atom stereocenters. The fourth-order valence-electron chi connectivity index (χ4n) is 1.57. The largest absolute Gasteiger partial charge is 0.333 e. The van der Waals surface area contributed by atoms with E-state index in [1.54, 1.807) is 4.90 Å². The third-order valence-electron chi connectivity index (χ3n) is 2.16. The molecule has 0 aromatic rings. The molecule has 3 nitrogen and oxygen atoms in total. The van der Waals surface area contributed by atoms with Gasteiger partial charge in [-0.05, 0) is 12.8 Å². The van der Waals surface area contributed by atoms with Gasteiger partial charge in [-0.15, -0.1) is 0 Å². The molecule has 0 aromatic carbocycles. The highest BCUT2D eigenvalue weighted by Gasteiger charge is 2.31. The summed E-state index contributed by atoms with van der Waals surface area (Å²) in [7, 11) is 0. The highest BCUT2D eigenvalue weighted by Crippen LogP contribution is 2.18. The Hall–Kier alpha value is -0.380. The van der Waals surface area contributed by atoms with Crippen LogP contribution in [0.4, 0.5) is 0 Å². The van der Waals surface area contributed by atoms with Crippen molar-refractivity contribution >= 4 is 27.6 Å². The summed E-state index contributed by atoms with van der Waals surface area (Å²) in [5.74, 6) is 0.120. The third kappa shape index (κ3) is 1.86. The highest BCUT2D eigenvalue weighted by atomic mass is 79.9. The number of carbonyl (C=O) groups excluding carboxylic acids is 2. The molecule has 1 fully saturated rings. The van der Waals surface area contributed by atoms with Crippen molar-refractivity contribution in [3.05, 3.63) is 0 Å². The van der Waals surface area contributed by atoms with Gasteiger partial charge in [-0.2, -0.15) is 0 Å². The minimum Gasteiger partial charge on any atom is -0.333 e. The van der Waals surface area contributed by atoms with E-state index < -0.39 is 0 Å². The maximum atomic E-state index is 11.3. The summed E-state index contributed by atoms with van der Waals surface area (Å²) in [5.41, 5.74) is 0. The standard InChI is InChI=1S/C8H12BrNO2/c1-6(11)10-4-2-3-7(10)8(12)5-9/h7H,2-5H2,1H3. The Balaban J connectivity index is 2.63. The van der Waals surface area contributed by atoms with Crippen LogP contribution in [0.2, 0.25) is 0 Å². The molecule has 0 N–H and O–H groups in total. The van der Waals surface area contributed by atoms with Gasteiger partial charge in [-0.1, -0.05) is 15.9 Å². The Morgan fingerprint density at radius 3 is 2.75 bits per heavy atom.